The van der Waals surface area contributed by atoms with E-state index in [4.69, 9.17) is 22.5 Å². The Morgan fingerprint density at radius 3 is 2.75 bits per heavy atom. The Morgan fingerprint density at radius 1 is 1.58 bits per heavy atom. The summed E-state index contributed by atoms with van der Waals surface area (Å²) in [5.41, 5.74) is 5.61. The first kappa shape index (κ1) is 8.80. The summed E-state index contributed by atoms with van der Waals surface area (Å²) in [4.78, 5) is 0. The molecule has 0 aliphatic heterocycles. The molecule has 64 valence electrons. The van der Waals surface area contributed by atoms with Crippen molar-refractivity contribution in [3.63, 3.8) is 0 Å². The standard InChI is InChI=1S/C7H6ClFN2O/c8-5-3-4(7(10)11-12)1-2-6(5)9/h1-3,12H,(H2,10,11). The summed E-state index contributed by atoms with van der Waals surface area (Å²) >= 11 is 5.45. The van der Waals surface area contributed by atoms with E-state index in [0.717, 1.165) is 6.07 Å². The molecule has 0 amide bonds. The molecule has 1 aromatic rings. The first-order valence-electron chi connectivity index (χ1n) is 3.08. The summed E-state index contributed by atoms with van der Waals surface area (Å²) in [6.07, 6.45) is 0. The molecule has 1 rings (SSSR count). The van der Waals surface area contributed by atoms with Gasteiger partial charge in [0.15, 0.2) is 5.84 Å². The second-order valence-electron chi connectivity index (χ2n) is 2.11. The lowest BCUT2D eigenvalue weighted by Crippen LogP contribution is -2.12. The minimum atomic E-state index is -0.536. The Hall–Kier alpha value is -1.29. The monoisotopic (exact) mass is 188 g/mol. The van der Waals surface area contributed by atoms with Crippen LogP contribution in [0.5, 0.6) is 0 Å². The van der Waals surface area contributed by atoms with Crippen molar-refractivity contribution in [2.45, 2.75) is 0 Å². The summed E-state index contributed by atoms with van der Waals surface area (Å²) in [5.74, 6) is -0.636. The molecule has 0 aliphatic carbocycles. The quantitative estimate of drug-likeness (QED) is 0.304. The van der Waals surface area contributed by atoms with Crippen LogP contribution < -0.4 is 5.73 Å². The largest absolute Gasteiger partial charge is 0.409 e. The number of benzene rings is 1. The Kier molecular flexibility index (Phi) is 2.50. The zero-order valence-electron chi connectivity index (χ0n) is 5.96. The number of oxime groups is 1. The van der Waals surface area contributed by atoms with Crippen LogP contribution in [0.4, 0.5) is 4.39 Å². The molecular weight excluding hydrogens is 183 g/mol. The summed E-state index contributed by atoms with van der Waals surface area (Å²) in [6, 6.07) is 3.80. The molecule has 3 N–H and O–H groups in total. The van der Waals surface area contributed by atoms with E-state index in [9.17, 15) is 4.39 Å². The van der Waals surface area contributed by atoms with E-state index < -0.39 is 5.82 Å². The van der Waals surface area contributed by atoms with Crippen LogP contribution in [0.1, 0.15) is 5.56 Å². The van der Waals surface area contributed by atoms with E-state index >= 15 is 0 Å². The molecule has 1 aromatic carbocycles. The zero-order chi connectivity index (χ0) is 9.14. The first-order chi connectivity index (χ1) is 5.65. The fourth-order valence-corrected chi connectivity index (χ4v) is 0.894. The van der Waals surface area contributed by atoms with Crippen molar-refractivity contribution in [3.8, 4) is 0 Å². The van der Waals surface area contributed by atoms with Gasteiger partial charge in [-0.15, -0.1) is 0 Å². The Balaban J connectivity index is 3.13. The number of hydrogen-bond donors (Lipinski definition) is 2. The van der Waals surface area contributed by atoms with E-state index in [1.807, 2.05) is 0 Å². The molecular formula is C7H6ClFN2O. The van der Waals surface area contributed by atoms with Crippen LogP contribution >= 0.6 is 11.6 Å². The number of nitrogens with two attached hydrogens (primary N) is 1. The highest BCUT2D eigenvalue weighted by Crippen LogP contribution is 2.15. The predicted octanol–water partition coefficient (Wildman–Crippen LogP) is 1.57. The van der Waals surface area contributed by atoms with Gasteiger partial charge in [0, 0.05) is 5.56 Å². The summed E-state index contributed by atoms with van der Waals surface area (Å²) < 4.78 is 12.6. The number of amidine groups is 1. The van der Waals surface area contributed by atoms with Gasteiger partial charge >= 0.3 is 0 Å². The molecule has 0 aliphatic rings. The molecule has 0 radical (unpaired) electrons. The fraction of sp³-hybridized carbons (Fsp3) is 0. The molecule has 0 fully saturated rings. The Bertz CT molecular complexity index is 327. The van der Waals surface area contributed by atoms with Crippen molar-refractivity contribution in [1.82, 2.24) is 0 Å². The second-order valence-corrected chi connectivity index (χ2v) is 2.52. The minimum absolute atomic E-state index is 0.0564. The van der Waals surface area contributed by atoms with Crippen LogP contribution in [0.15, 0.2) is 23.4 Å². The van der Waals surface area contributed by atoms with E-state index in [2.05, 4.69) is 5.16 Å². The molecule has 0 unspecified atom stereocenters. The molecule has 0 atom stereocenters. The molecule has 0 saturated heterocycles. The maximum absolute atomic E-state index is 12.6. The molecule has 0 aromatic heterocycles. The molecule has 0 spiro atoms. The average Bonchev–Trinajstić information content (AvgIpc) is 2.08. The number of hydrogen-bond acceptors (Lipinski definition) is 2. The van der Waals surface area contributed by atoms with E-state index in [1.54, 1.807) is 0 Å². The number of rotatable bonds is 1. The molecule has 0 saturated carbocycles. The normalized spacial score (nSPS) is 11.7. The maximum Gasteiger partial charge on any atom is 0.170 e. The van der Waals surface area contributed by atoms with E-state index in [1.165, 1.54) is 12.1 Å². The summed E-state index contributed by atoms with van der Waals surface area (Å²) in [7, 11) is 0. The van der Waals surface area contributed by atoms with Crippen molar-refractivity contribution in [1.29, 1.82) is 0 Å². The molecule has 12 heavy (non-hydrogen) atoms. The molecule has 3 nitrogen and oxygen atoms in total. The number of halogens is 2. The molecule has 0 heterocycles. The third kappa shape index (κ3) is 1.65. The Morgan fingerprint density at radius 2 is 2.25 bits per heavy atom. The lowest BCUT2D eigenvalue weighted by Gasteiger charge is -1.98. The molecule has 0 bridgehead atoms. The zero-order valence-corrected chi connectivity index (χ0v) is 6.72. The van der Waals surface area contributed by atoms with Gasteiger partial charge in [0.05, 0.1) is 5.02 Å². The third-order valence-corrected chi connectivity index (χ3v) is 1.61. The summed E-state index contributed by atoms with van der Waals surface area (Å²) in [5, 5.41) is 11.0. The maximum atomic E-state index is 12.6. The fourth-order valence-electron chi connectivity index (χ4n) is 0.713. The van der Waals surface area contributed by atoms with Gasteiger partial charge in [-0.1, -0.05) is 16.8 Å². The lowest BCUT2D eigenvalue weighted by atomic mass is 10.2. The van der Waals surface area contributed by atoms with Crippen molar-refractivity contribution < 1.29 is 9.60 Å². The number of nitrogens with zero attached hydrogens (tertiary/aromatic N) is 1. The SMILES string of the molecule is N/C(=N\O)c1ccc(F)c(Cl)c1. The first-order valence-corrected chi connectivity index (χ1v) is 3.46. The van der Waals surface area contributed by atoms with Gasteiger partial charge in [-0.25, -0.2) is 4.39 Å². The van der Waals surface area contributed by atoms with Crippen LogP contribution in [-0.4, -0.2) is 11.0 Å². The van der Waals surface area contributed by atoms with Crippen molar-refractivity contribution in [3.05, 3.63) is 34.6 Å². The lowest BCUT2D eigenvalue weighted by molar-refractivity contribution is 0.318. The van der Waals surface area contributed by atoms with Gasteiger partial charge in [0.2, 0.25) is 0 Å². The van der Waals surface area contributed by atoms with Crippen molar-refractivity contribution in [2.75, 3.05) is 0 Å². The van der Waals surface area contributed by atoms with Crippen molar-refractivity contribution in [2.24, 2.45) is 10.9 Å². The smallest absolute Gasteiger partial charge is 0.170 e. The van der Waals surface area contributed by atoms with Gasteiger partial charge < -0.3 is 10.9 Å². The highest BCUT2D eigenvalue weighted by molar-refractivity contribution is 6.31. The van der Waals surface area contributed by atoms with Gasteiger partial charge in [-0.05, 0) is 18.2 Å². The van der Waals surface area contributed by atoms with Crippen LogP contribution in [0.3, 0.4) is 0 Å². The highest BCUT2D eigenvalue weighted by atomic mass is 35.5. The third-order valence-electron chi connectivity index (χ3n) is 1.32. The summed E-state index contributed by atoms with van der Waals surface area (Å²) in [6.45, 7) is 0. The van der Waals surface area contributed by atoms with Crippen molar-refractivity contribution >= 4 is 17.4 Å². The average molecular weight is 189 g/mol. The predicted molar refractivity (Wildman–Crippen MR) is 43.9 cm³/mol. The second kappa shape index (κ2) is 3.40. The van der Waals surface area contributed by atoms with Crippen LogP contribution in [0.2, 0.25) is 5.02 Å². The van der Waals surface area contributed by atoms with Crippen LogP contribution in [0, 0.1) is 5.82 Å². The van der Waals surface area contributed by atoms with Gasteiger partial charge in [0.1, 0.15) is 5.82 Å². The van der Waals surface area contributed by atoms with Gasteiger partial charge in [-0.2, -0.15) is 0 Å². The highest BCUT2D eigenvalue weighted by Gasteiger charge is 2.03. The van der Waals surface area contributed by atoms with Gasteiger partial charge in [0.25, 0.3) is 0 Å². The minimum Gasteiger partial charge on any atom is -0.409 e. The van der Waals surface area contributed by atoms with Crippen LogP contribution in [0.25, 0.3) is 0 Å². The van der Waals surface area contributed by atoms with Gasteiger partial charge in [-0.3, -0.25) is 0 Å². The van der Waals surface area contributed by atoms with Crippen LogP contribution in [-0.2, 0) is 0 Å². The topological polar surface area (TPSA) is 58.6 Å². The van der Waals surface area contributed by atoms with E-state index in [0.29, 0.717) is 5.56 Å². The Labute approximate surface area is 73.2 Å². The van der Waals surface area contributed by atoms with E-state index in [-0.39, 0.29) is 10.9 Å². The molecule has 5 heteroatoms.